The number of sulfonamides is 1. The van der Waals surface area contributed by atoms with Crippen LogP contribution in [0, 0.1) is 0 Å². The van der Waals surface area contributed by atoms with Crippen molar-refractivity contribution in [1.29, 1.82) is 0 Å². The number of piperidine rings is 1. The van der Waals surface area contributed by atoms with Gasteiger partial charge in [-0.25, -0.2) is 13.1 Å². The molecule has 6 nitrogen and oxygen atoms in total. The molecule has 0 atom stereocenters. The minimum absolute atomic E-state index is 0.119. The highest BCUT2D eigenvalue weighted by Crippen LogP contribution is 2.21. The average molecular weight is 332 g/mol. The first-order valence-electron chi connectivity index (χ1n) is 6.58. The van der Waals surface area contributed by atoms with E-state index in [9.17, 15) is 13.2 Å². The maximum absolute atomic E-state index is 12.4. The van der Waals surface area contributed by atoms with Gasteiger partial charge in [0, 0.05) is 29.8 Å². The number of nitrogen functional groups attached to an aromatic ring is 1. The van der Waals surface area contributed by atoms with E-state index in [4.69, 9.17) is 17.3 Å². The normalized spacial score (nSPS) is 17.0. The van der Waals surface area contributed by atoms with E-state index in [1.165, 1.54) is 0 Å². The van der Waals surface area contributed by atoms with Crippen molar-refractivity contribution in [3.05, 3.63) is 28.8 Å². The number of halogens is 1. The lowest BCUT2D eigenvalue weighted by atomic mass is 10.0. The van der Waals surface area contributed by atoms with E-state index in [0.717, 1.165) is 6.26 Å². The lowest BCUT2D eigenvalue weighted by molar-refractivity contribution is 0.0712. The molecule has 1 fully saturated rings. The number of carbonyl (C=O) groups is 1. The molecule has 21 heavy (non-hydrogen) atoms. The highest BCUT2D eigenvalue weighted by molar-refractivity contribution is 7.88. The number of nitrogens with zero attached hydrogens (tertiary/aromatic N) is 1. The first-order chi connectivity index (χ1) is 9.76. The smallest absolute Gasteiger partial charge is 0.255 e. The second kappa shape index (κ2) is 6.21. The van der Waals surface area contributed by atoms with Crippen LogP contribution in [0.15, 0.2) is 18.2 Å². The van der Waals surface area contributed by atoms with Gasteiger partial charge in [-0.3, -0.25) is 4.79 Å². The van der Waals surface area contributed by atoms with Gasteiger partial charge in [-0.1, -0.05) is 11.6 Å². The van der Waals surface area contributed by atoms with Crippen LogP contribution < -0.4 is 10.5 Å². The van der Waals surface area contributed by atoms with Gasteiger partial charge in [-0.15, -0.1) is 0 Å². The number of nitrogens with one attached hydrogen (secondary N) is 1. The minimum atomic E-state index is -3.21. The van der Waals surface area contributed by atoms with E-state index in [-0.39, 0.29) is 11.9 Å². The third-order valence-corrected chi connectivity index (χ3v) is 4.40. The van der Waals surface area contributed by atoms with Crippen molar-refractivity contribution in [1.82, 2.24) is 9.62 Å². The Balaban J connectivity index is 2.00. The van der Waals surface area contributed by atoms with Crippen LogP contribution in [0.4, 0.5) is 5.69 Å². The van der Waals surface area contributed by atoms with Crippen LogP contribution in [0.2, 0.25) is 5.02 Å². The standard InChI is InChI=1S/C13H18ClN3O3S/c1-21(19,20)16-10-4-6-17(7-5-10)13(18)11-3-2-9(14)8-12(11)15/h2-3,8,10,16H,4-7,15H2,1H3. The first kappa shape index (κ1) is 16.1. The Bertz CT molecular complexity index is 640. The van der Waals surface area contributed by atoms with E-state index in [1.807, 2.05) is 0 Å². The van der Waals surface area contributed by atoms with Crippen molar-refractivity contribution < 1.29 is 13.2 Å². The number of likely N-dealkylation sites (tertiary alicyclic amines) is 1. The van der Waals surface area contributed by atoms with Gasteiger partial charge < -0.3 is 10.6 Å². The maximum atomic E-state index is 12.4. The summed E-state index contributed by atoms with van der Waals surface area (Å²) in [4.78, 5) is 14.1. The molecule has 0 radical (unpaired) electrons. The van der Waals surface area contributed by atoms with Gasteiger partial charge in [0.15, 0.2) is 0 Å². The van der Waals surface area contributed by atoms with Crippen molar-refractivity contribution in [3.8, 4) is 0 Å². The zero-order valence-corrected chi connectivity index (χ0v) is 13.2. The number of benzene rings is 1. The average Bonchev–Trinajstić information content (AvgIpc) is 2.37. The third kappa shape index (κ3) is 4.33. The van der Waals surface area contributed by atoms with Gasteiger partial charge in [-0.05, 0) is 31.0 Å². The summed E-state index contributed by atoms with van der Waals surface area (Å²) in [5, 5.41) is 0.486. The quantitative estimate of drug-likeness (QED) is 0.810. The van der Waals surface area contributed by atoms with Crippen LogP contribution in [-0.2, 0) is 10.0 Å². The van der Waals surface area contributed by atoms with Crippen LogP contribution in [0.25, 0.3) is 0 Å². The molecule has 1 aliphatic heterocycles. The summed E-state index contributed by atoms with van der Waals surface area (Å²) in [5.74, 6) is -0.151. The van der Waals surface area contributed by atoms with Crippen molar-refractivity contribution in [2.75, 3.05) is 25.1 Å². The molecule has 2 rings (SSSR count). The van der Waals surface area contributed by atoms with Crippen LogP contribution in [-0.4, -0.2) is 44.6 Å². The Hall–Kier alpha value is -1.31. The van der Waals surface area contributed by atoms with Crippen molar-refractivity contribution in [2.24, 2.45) is 0 Å². The predicted octanol–water partition coefficient (Wildman–Crippen LogP) is 1.08. The Morgan fingerprint density at radius 2 is 2.00 bits per heavy atom. The molecule has 8 heteroatoms. The summed E-state index contributed by atoms with van der Waals surface area (Å²) in [6.45, 7) is 0.988. The fraction of sp³-hybridized carbons (Fsp3) is 0.462. The van der Waals surface area contributed by atoms with Crippen LogP contribution in [0.1, 0.15) is 23.2 Å². The largest absolute Gasteiger partial charge is 0.398 e. The summed E-state index contributed by atoms with van der Waals surface area (Å²) in [7, 11) is -3.21. The van der Waals surface area contributed by atoms with Gasteiger partial charge in [0.2, 0.25) is 10.0 Å². The van der Waals surface area contributed by atoms with E-state index in [2.05, 4.69) is 4.72 Å². The molecule has 1 amide bonds. The van der Waals surface area contributed by atoms with Crippen molar-refractivity contribution in [2.45, 2.75) is 18.9 Å². The number of nitrogens with two attached hydrogens (primary N) is 1. The minimum Gasteiger partial charge on any atom is -0.398 e. The van der Waals surface area contributed by atoms with Gasteiger partial charge >= 0.3 is 0 Å². The molecule has 116 valence electrons. The molecule has 0 unspecified atom stereocenters. The van der Waals surface area contributed by atoms with E-state index in [1.54, 1.807) is 23.1 Å². The van der Waals surface area contributed by atoms with Crippen LogP contribution in [0.3, 0.4) is 0 Å². The number of hydrogen-bond donors (Lipinski definition) is 2. The molecule has 3 N–H and O–H groups in total. The second-order valence-electron chi connectivity index (χ2n) is 5.19. The Morgan fingerprint density at radius 1 is 1.38 bits per heavy atom. The lowest BCUT2D eigenvalue weighted by Crippen LogP contribution is -2.46. The molecule has 0 aromatic heterocycles. The molecule has 0 bridgehead atoms. The highest BCUT2D eigenvalue weighted by Gasteiger charge is 2.26. The number of rotatable bonds is 3. The predicted molar refractivity (Wildman–Crippen MR) is 82.8 cm³/mol. The highest BCUT2D eigenvalue weighted by atomic mass is 35.5. The molecule has 1 aliphatic rings. The monoisotopic (exact) mass is 331 g/mol. The molecule has 0 saturated carbocycles. The number of amides is 1. The molecule has 1 heterocycles. The molecular formula is C13H18ClN3O3S. The Morgan fingerprint density at radius 3 is 2.52 bits per heavy atom. The van der Waals surface area contributed by atoms with E-state index < -0.39 is 10.0 Å². The summed E-state index contributed by atoms with van der Waals surface area (Å²) in [6, 6.07) is 4.67. The Labute approximate surface area is 129 Å². The molecule has 0 aliphatic carbocycles. The summed E-state index contributed by atoms with van der Waals surface area (Å²) in [6.07, 6.45) is 2.32. The summed E-state index contributed by atoms with van der Waals surface area (Å²) < 4.78 is 25.0. The third-order valence-electron chi connectivity index (χ3n) is 3.41. The van der Waals surface area contributed by atoms with Gasteiger partial charge in [0.25, 0.3) is 5.91 Å². The summed E-state index contributed by atoms with van der Waals surface area (Å²) in [5.41, 5.74) is 6.59. The van der Waals surface area contributed by atoms with Gasteiger partial charge in [0.05, 0.1) is 11.8 Å². The van der Waals surface area contributed by atoms with Crippen molar-refractivity contribution in [3.63, 3.8) is 0 Å². The number of hydrogen-bond acceptors (Lipinski definition) is 4. The molecule has 1 aromatic carbocycles. The van der Waals surface area contributed by atoms with Crippen LogP contribution in [0.5, 0.6) is 0 Å². The fourth-order valence-electron chi connectivity index (χ4n) is 2.40. The molecule has 1 saturated heterocycles. The number of carbonyl (C=O) groups excluding carboxylic acids is 1. The SMILES string of the molecule is CS(=O)(=O)NC1CCN(C(=O)c2ccc(Cl)cc2N)CC1. The first-order valence-corrected chi connectivity index (χ1v) is 8.85. The zero-order valence-electron chi connectivity index (χ0n) is 11.7. The molecule has 1 aromatic rings. The second-order valence-corrected chi connectivity index (χ2v) is 7.40. The van der Waals surface area contributed by atoms with Crippen molar-refractivity contribution >= 4 is 33.2 Å². The van der Waals surface area contributed by atoms with E-state index >= 15 is 0 Å². The Kier molecular flexibility index (Phi) is 4.75. The molecule has 0 spiro atoms. The van der Waals surface area contributed by atoms with Gasteiger partial charge in [-0.2, -0.15) is 0 Å². The number of anilines is 1. The fourth-order valence-corrected chi connectivity index (χ4v) is 3.42. The lowest BCUT2D eigenvalue weighted by Gasteiger charge is -2.32. The van der Waals surface area contributed by atoms with E-state index in [0.29, 0.717) is 42.2 Å². The maximum Gasteiger partial charge on any atom is 0.255 e. The zero-order chi connectivity index (χ0) is 15.6. The topological polar surface area (TPSA) is 92.5 Å². The van der Waals surface area contributed by atoms with Gasteiger partial charge in [0.1, 0.15) is 0 Å². The summed E-state index contributed by atoms with van der Waals surface area (Å²) >= 11 is 5.82. The molecular weight excluding hydrogens is 314 g/mol. The van der Waals surface area contributed by atoms with Crippen LogP contribution >= 0.6 is 11.6 Å².